The Morgan fingerprint density at radius 2 is 1.90 bits per heavy atom. The molecule has 2 aromatic carbocycles. The highest BCUT2D eigenvalue weighted by molar-refractivity contribution is 5.58. The number of nitro groups is 1. The summed E-state index contributed by atoms with van der Waals surface area (Å²) in [6.45, 7) is 0.413. The van der Waals surface area contributed by atoms with Gasteiger partial charge in [-0.25, -0.2) is 0 Å². The summed E-state index contributed by atoms with van der Waals surface area (Å²) in [6, 6.07) is 12.5. The molecule has 0 unspecified atom stereocenters. The zero-order valence-corrected chi connectivity index (χ0v) is 11.6. The second-order valence-corrected chi connectivity index (χ2v) is 4.38. The van der Waals surface area contributed by atoms with Gasteiger partial charge in [0.05, 0.1) is 12.0 Å². The lowest BCUT2D eigenvalue weighted by molar-refractivity contribution is -0.386. The van der Waals surface area contributed by atoms with Gasteiger partial charge in [-0.05, 0) is 17.2 Å². The zero-order valence-electron chi connectivity index (χ0n) is 11.6. The number of hydrogen-bond donors (Lipinski definition) is 1. The van der Waals surface area contributed by atoms with Gasteiger partial charge in [-0.2, -0.15) is 0 Å². The molecule has 2 rings (SSSR count). The van der Waals surface area contributed by atoms with E-state index < -0.39 is 4.92 Å². The van der Waals surface area contributed by atoms with Gasteiger partial charge in [0, 0.05) is 12.6 Å². The van der Waals surface area contributed by atoms with Crippen molar-refractivity contribution >= 4 is 5.69 Å². The van der Waals surface area contributed by atoms with Gasteiger partial charge in [0.2, 0.25) is 5.75 Å². The lowest BCUT2D eigenvalue weighted by atomic mass is 10.1. The predicted octanol–water partition coefficient (Wildman–Crippen LogP) is 2.64. The van der Waals surface area contributed by atoms with Gasteiger partial charge in [-0.3, -0.25) is 10.1 Å². The Kier molecular flexibility index (Phi) is 4.73. The maximum absolute atomic E-state index is 11.2. The first-order chi connectivity index (χ1) is 10.2. The van der Waals surface area contributed by atoms with Crippen LogP contribution in [0.5, 0.6) is 11.5 Å². The van der Waals surface area contributed by atoms with Crippen LogP contribution in [-0.4, -0.2) is 12.0 Å². The van der Waals surface area contributed by atoms with E-state index in [1.54, 1.807) is 6.07 Å². The van der Waals surface area contributed by atoms with Crippen molar-refractivity contribution in [3.63, 3.8) is 0 Å². The van der Waals surface area contributed by atoms with E-state index in [4.69, 9.17) is 15.2 Å². The molecule has 0 aliphatic carbocycles. The lowest BCUT2D eigenvalue weighted by Gasteiger charge is -2.12. The number of benzene rings is 2. The van der Waals surface area contributed by atoms with Crippen molar-refractivity contribution < 1.29 is 14.4 Å². The van der Waals surface area contributed by atoms with Crippen molar-refractivity contribution in [2.75, 3.05) is 7.11 Å². The van der Waals surface area contributed by atoms with Crippen LogP contribution in [0.25, 0.3) is 0 Å². The predicted molar refractivity (Wildman–Crippen MR) is 78.3 cm³/mol. The monoisotopic (exact) mass is 288 g/mol. The molecule has 0 aliphatic rings. The second-order valence-electron chi connectivity index (χ2n) is 4.38. The SMILES string of the molecule is COc1cc(CN)cc([N+](=O)[O-])c1OCc1ccccc1. The van der Waals surface area contributed by atoms with E-state index in [-0.39, 0.29) is 24.6 Å². The minimum atomic E-state index is -0.498. The minimum Gasteiger partial charge on any atom is -0.493 e. The van der Waals surface area contributed by atoms with Gasteiger partial charge in [0.25, 0.3) is 0 Å². The molecule has 2 N–H and O–H groups in total. The second kappa shape index (κ2) is 6.71. The van der Waals surface area contributed by atoms with E-state index in [1.165, 1.54) is 13.2 Å². The molecule has 0 saturated heterocycles. The van der Waals surface area contributed by atoms with Gasteiger partial charge in [-0.1, -0.05) is 30.3 Å². The topological polar surface area (TPSA) is 87.6 Å². The van der Waals surface area contributed by atoms with Gasteiger partial charge < -0.3 is 15.2 Å². The average Bonchev–Trinajstić information content (AvgIpc) is 2.52. The summed E-state index contributed by atoms with van der Waals surface area (Å²) in [6.07, 6.45) is 0. The number of hydrogen-bond acceptors (Lipinski definition) is 5. The van der Waals surface area contributed by atoms with Crippen molar-refractivity contribution in [3.05, 3.63) is 63.7 Å². The molecule has 110 valence electrons. The van der Waals surface area contributed by atoms with E-state index >= 15 is 0 Å². The first-order valence-electron chi connectivity index (χ1n) is 6.37. The molecular weight excluding hydrogens is 272 g/mol. The molecule has 2 aromatic rings. The maximum Gasteiger partial charge on any atom is 0.315 e. The Balaban J connectivity index is 2.34. The largest absolute Gasteiger partial charge is 0.493 e. The molecule has 0 aliphatic heterocycles. The summed E-state index contributed by atoms with van der Waals surface area (Å²) in [7, 11) is 1.44. The van der Waals surface area contributed by atoms with E-state index in [0.717, 1.165) is 5.56 Å². The van der Waals surface area contributed by atoms with Crippen LogP contribution in [0.1, 0.15) is 11.1 Å². The fraction of sp³-hybridized carbons (Fsp3) is 0.200. The highest BCUT2D eigenvalue weighted by atomic mass is 16.6. The summed E-state index contributed by atoms with van der Waals surface area (Å²) >= 11 is 0. The van der Waals surface area contributed by atoms with E-state index in [9.17, 15) is 10.1 Å². The molecule has 0 radical (unpaired) electrons. The Labute approximate surface area is 122 Å². The Morgan fingerprint density at radius 1 is 1.19 bits per heavy atom. The van der Waals surface area contributed by atoms with Crippen LogP contribution in [0.3, 0.4) is 0 Å². The molecular formula is C15H16N2O4. The Hall–Kier alpha value is -2.60. The van der Waals surface area contributed by atoms with Gasteiger partial charge in [0.1, 0.15) is 6.61 Å². The number of nitrogens with zero attached hydrogens (tertiary/aromatic N) is 1. The standard InChI is InChI=1S/C15H16N2O4/c1-20-14-8-12(9-16)7-13(17(18)19)15(14)21-10-11-5-3-2-4-6-11/h2-8H,9-10,16H2,1H3. The maximum atomic E-state index is 11.2. The van der Waals surface area contributed by atoms with Crippen molar-refractivity contribution in [3.8, 4) is 11.5 Å². The van der Waals surface area contributed by atoms with Crippen molar-refractivity contribution in [1.29, 1.82) is 0 Å². The number of nitrogens with two attached hydrogens (primary N) is 1. The van der Waals surface area contributed by atoms with Crippen molar-refractivity contribution in [1.82, 2.24) is 0 Å². The Morgan fingerprint density at radius 3 is 2.48 bits per heavy atom. The summed E-state index contributed by atoms with van der Waals surface area (Å²) in [5.74, 6) is 0.420. The molecule has 6 nitrogen and oxygen atoms in total. The van der Waals surface area contributed by atoms with Crippen LogP contribution < -0.4 is 15.2 Å². The highest BCUT2D eigenvalue weighted by Gasteiger charge is 2.22. The fourth-order valence-electron chi connectivity index (χ4n) is 1.92. The fourth-order valence-corrected chi connectivity index (χ4v) is 1.92. The third-order valence-electron chi connectivity index (χ3n) is 2.97. The summed E-state index contributed by atoms with van der Waals surface area (Å²) < 4.78 is 10.8. The van der Waals surface area contributed by atoms with Crippen LogP contribution >= 0.6 is 0 Å². The number of ether oxygens (including phenoxy) is 2. The molecule has 0 amide bonds. The van der Waals surface area contributed by atoms with E-state index in [2.05, 4.69) is 0 Å². The van der Waals surface area contributed by atoms with Gasteiger partial charge in [-0.15, -0.1) is 0 Å². The van der Waals surface area contributed by atoms with Crippen LogP contribution in [0, 0.1) is 10.1 Å². The smallest absolute Gasteiger partial charge is 0.315 e. The minimum absolute atomic E-state index is 0.114. The van der Waals surface area contributed by atoms with Crippen molar-refractivity contribution in [2.45, 2.75) is 13.2 Å². The van der Waals surface area contributed by atoms with Gasteiger partial charge >= 0.3 is 5.69 Å². The third kappa shape index (κ3) is 3.49. The van der Waals surface area contributed by atoms with E-state index in [0.29, 0.717) is 11.3 Å². The first kappa shape index (κ1) is 14.8. The molecule has 0 bridgehead atoms. The zero-order chi connectivity index (χ0) is 15.2. The Bertz CT molecular complexity index is 629. The normalized spacial score (nSPS) is 10.2. The summed E-state index contributed by atoms with van der Waals surface area (Å²) in [4.78, 5) is 10.7. The van der Waals surface area contributed by atoms with Crippen LogP contribution in [0.4, 0.5) is 5.69 Å². The summed E-state index contributed by atoms with van der Waals surface area (Å²) in [5, 5.41) is 11.2. The van der Waals surface area contributed by atoms with Crippen molar-refractivity contribution in [2.24, 2.45) is 5.73 Å². The van der Waals surface area contributed by atoms with Crippen LogP contribution in [-0.2, 0) is 13.2 Å². The third-order valence-corrected chi connectivity index (χ3v) is 2.97. The number of rotatable bonds is 6. The quantitative estimate of drug-likeness (QED) is 0.652. The van der Waals surface area contributed by atoms with E-state index in [1.807, 2.05) is 30.3 Å². The van der Waals surface area contributed by atoms with Crippen LogP contribution in [0.2, 0.25) is 0 Å². The van der Waals surface area contributed by atoms with Gasteiger partial charge in [0.15, 0.2) is 5.75 Å². The lowest BCUT2D eigenvalue weighted by Crippen LogP contribution is -2.04. The average molecular weight is 288 g/mol. The molecule has 6 heteroatoms. The number of nitro benzene ring substituents is 1. The molecule has 0 heterocycles. The molecule has 0 atom stereocenters. The summed E-state index contributed by atoms with van der Waals surface area (Å²) in [5.41, 5.74) is 6.92. The molecule has 21 heavy (non-hydrogen) atoms. The highest BCUT2D eigenvalue weighted by Crippen LogP contribution is 2.38. The molecule has 0 fully saturated rings. The molecule has 0 aromatic heterocycles. The van der Waals surface area contributed by atoms with Crippen LogP contribution in [0.15, 0.2) is 42.5 Å². The molecule has 0 spiro atoms. The number of methoxy groups -OCH3 is 1. The first-order valence-corrected chi connectivity index (χ1v) is 6.37. The molecule has 0 saturated carbocycles.